The molecule has 1 aromatic heterocycles. The molecule has 2 unspecified atom stereocenters. The maximum Gasteiger partial charge on any atom is 0.0951 e. The SMILES string of the molecule is CCN(CC)C(C)(CC)C(NN)c1ccoc1. The third-order valence-electron chi connectivity index (χ3n) is 3.87. The van der Waals surface area contributed by atoms with E-state index in [1.54, 1.807) is 12.5 Å². The molecule has 0 spiro atoms. The molecule has 4 heteroatoms. The number of rotatable bonds is 7. The van der Waals surface area contributed by atoms with Crippen molar-refractivity contribution < 1.29 is 4.42 Å². The first-order valence-electron chi connectivity index (χ1n) is 6.37. The van der Waals surface area contributed by atoms with Crippen molar-refractivity contribution in [3.8, 4) is 0 Å². The fourth-order valence-electron chi connectivity index (χ4n) is 2.63. The van der Waals surface area contributed by atoms with Crippen LogP contribution in [-0.4, -0.2) is 23.5 Å². The minimum Gasteiger partial charge on any atom is -0.472 e. The number of likely N-dealkylation sites (N-methyl/N-ethyl adjacent to an activating group) is 1. The first kappa shape index (κ1) is 14.2. The Morgan fingerprint density at radius 1 is 1.41 bits per heavy atom. The fourth-order valence-corrected chi connectivity index (χ4v) is 2.63. The number of nitrogens with zero attached hydrogens (tertiary/aromatic N) is 1. The molecule has 1 rings (SSSR count). The molecular weight excluding hydrogens is 214 g/mol. The Labute approximate surface area is 104 Å². The van der Waals surface area contributed by atoms with Crippen LogP contribution in [-0.2, 0) is 0 Å². The number of nitrogens with two attached hydrogens (primary N) is 1. The molecule has 0 bridgehead atoms. The van der Waals surface area contributed by atoms with Crippen LogP contribution >= 0.6 is 0 Å². The summed E-state index contributed by atoms with van der Waals surface area (Å²) in [7, 11) is 0. The van der Waals surface area contributed by atoms with Gasteiger partial charge in [0.05, 0.1) is 18.6 Å². The maximum absolute atomic E-state index is 5.75. The minimum atomic E-state index is -0.0118. The highest BCUT2D eigenvalue weighted by molar-refractivity contribution is 5.17. The molecule has 0 aliphatic carbocycles. The van der Waals surface area contributed by atoms with Gasteiger partial charge in [-0.15, -0.1) is 0 Å². The molecular formula is C13H25N3O. The summed E-state index contributed by atoms with van der Waals surface area (Å²) in [5.74, 6) is 5.75. The van der Waals surface area contributed by atoms with Gasteiger partial charge in [-0.05, 0) is 32.5 Å². The number of furan rings is 1. The molecule has 3 N–H and O–H groups in total. The number of hydrazine groups is 1. The van der Waals surface area contributed by atoms with Gasteiger partial charge in [0.25, 0.3) is 0 Å². The average Bonchev–Trinajstić information content (AvgIpc) is 2.85. The first-order valence-corrected chi connectivity index (χ1v) is 6.37. The van der Waals surface area contributed by atoms with Crippen molar-refractivity contribution in [3.05, 3.63) is 24.2 Å². The van der Waals surface area contributed by atoms with E-state index in [2.05, 4.69) is 38.0 Å². The standard InChI is InChI=1S/C13H25N3O/c1-5-13(4,16(6-2)7-3)12(15-14)11-8-9-17-10-11/h8-10,12,15H,5-7,14H2,1-4H3. The molecule has 1 aromatic rings. The van der Waals surface area contributed by atoms with Crippen LogP contribution in [0, 0.1) is 0 Å². The van der Waals surface area contributed by atoms with Crippen molar-refractivity contribution in [2.24, 2.45) is 5.84 Å². The van der Waals surface area contributed by atoms with Crippen LogP contribution in [0.25, 0.3) is 0 Å². The third kappa shape index (κ3) is 2.70. The van der Waals surface area contributed by atoms with Crippen LogP contribution in [0.5, 0.6) is 0 Å². The lowest BCUT2D eigenvalue weighted by atomic mass is 9.84. The largest absolute Gasteiger partial charge is 0.472 e. The van der Waals surface area contributed by atoms with Crippen LogP contribution in [0.1, 0.15) is 45.7 Å². The Morgan fingerprint density at radius 2 is 2.06 bits per heavy atom. The van der Waals surface area contributed by atoms with Gasteiger partial charge in [0.15, 0.2) is 0 Å². The smallest absolute Gasteiger partial charge is 0.0951 e. The summed E-state index contributed by atoms with van der Waals surface area (Å²) < 4.78 is 5.17. The van der Waals surface area contributed by atoms with Crippen molar-refractivity contribution in [2.45, 2.75) is 45.7 Å². The zero-order valence-electron chi connectivity index (χ0n) is 11.4. The van der Waals surface area contributed by atoms with Gasteiger partial charge >= 0.3 is 0 Å². The fraction of sp³-hybridized carbons (Fsp3) is 0.692. The third-order valence-corrected chi connectivity index (χ3v) is 3.87. The summed E-state index contributed by atoms with van der Waals surface area (Å²) >= 11 is 0. The summed E-state index contributed by atoms with van der Waals surface area (Å²) in [5.41, 5.74) is 4.03. The van der Waals surface area contributed by atoms with E-state index in [0.29, 0.717) is 0 Å². The summed E-state index contributed by atoms with van der Waals surface area (Å²) in [6.45, 7) is 10.8. The van der Waals surface area contributed by atoms with E-state index >= 15 is 0 Å². The predicted molar refractivity (Wildman–Crippen MR) is 70.4 cm³/mol. The Bertz CT molecular complexity index is 308. The molecule has 0 saturated heterocycles. The van der Waals surface area contributed by atoms with Crippen molar-refractivity contribution in [1.29, 1.82) is 0 Å². The maximum atomic E-state index is 5.75. The molecule has 0 aliphatic heterocycles. The van der Waals surface area contributed by atoms with Crippen LogP contribution in [0.4, 0.5) is 0 Å². The highest BCUT2D eigenvalue weighted by Gasteiger charge is 2.37. The Hall–Kier alpha value is -0.840. The van der Waals surface area contributed by atoms with Crippen molar-refractivity contribution in [1.82, 2.24) is 10.3 Å². The van der Waals surface area contributed by atoms with E-state index < -0.39 is 0 Å². The molecule has 0 saturated carbocycles. The molecule has 0 aliphatic rings. The van der Waals surface area contributed by atoms with Crippen LogP contribution in [0.15, 0.2) is 23.0 Å². The van der Waals surface area contributed by atoms with E-state index in [-0.39, 0.29) is 11.6 Å². The average molecular weight is 239 g/mol. The number of hydrogen-bond donors (Lipinski definition) is 2. The second kappa shape index (κ2) is 6.19. The van der Waals surface area contributed by atoms with Crippen LogP contribution in [0.3, 0.4) is 0 Å². The molecule has 0 fully saturated rings. The van der Waals surface area contributed by atoms with Gasteiger partial charge in [-0.25, -0.2) is 0 Å². The second-order valence-electron chi connectivity index (χ2n) is 4.54. The van der Waals surface area contributed by atoms with Crippen molar-refractivity contribution >= 4 is 0 Å². The zero-order chi connectivity index (χ0) is 12.9. The summed E-state index contributed by atoms with van der Waals surface area (Å²) in [5, 5.41) is 0. The zero-order valence-corrected chi connectivity index (χ0v) is 11.4. The summed E-state index contributed by atoms with van der Waals surface area (Å²) in [4.78, 5) is 2.44. The molecule has 1 heterocycles. The molecule has 0 radical (unpaired) electrons. The lowest BCUT2D eigenvalue weighted by molar-refractivity contribution is 0.0696. The van der Waals surface area contributed by atoms with Crippen LogP contribution < -0.4 is 11.3 Å². The topological polar surface area (TPSA) is 54.4 Å². The lowest BCUT2D eigenvalue weighted by Crippen LogP contribution is -2.55. The Balaban J connectivity index is 3.04. The van der Waals surface area contributed by atoms with E-state index in [1.807, 2.05) is 6.07 Å². The quantitative estimate of drug-likeness (QED) is 0.566. The summed E-state index contributed by atoms with van der Waals surface area (Å²) in [6.07, 6.45) is 4.48. The molecule has 0 amide bonds. The molecule has 0 aromatic carbocycles. The molecule has 4 nitrogen and oxygen atoms in total. The first-order chi connectivity index (χ1) is 8.13. The number of hydrogen-bond acceptors (Lipinski definition) is 4. The van der Waals surface area contributed by atoms with Gasteiger partial charge in [0.2, 0.25) is 0 Å². The van der Waals surface area contributed by atoms with Crippen molar-refractivity contribution in [3.63, 3.8) is 0 Å². The molecule has 2 atom stereocenters. The Kier molecular flexibility index (Phi) is 5.18. The second-order valence-corrected chi connectivity index (χ2v) is 4.54. The van der Waals surface area contributed by atoms with Gasteiger partial charge in [-0.2, -0.15) is 0 Å². The molecule has 98 valence electrons. The lowest BCUT2D eigenvalue weighted by Gasteiger charge is -2.45. The highest BCUT2D eigenvalue weighted by Crippen LogP contribution is 2.33. The highest BCUT2D eigenvalue weighted by atomic mass is 16.3. The monoisotopic (exact) mass is 239 g/mol. The van der Waals surface area contributed by atoms with E-state index in [1.165, 1.54) is 0 Å². The normalized spacial score (nSPS) is 17.1. The summed E-state index contributed by atoms with van der Waals surface area (Å²) in [6, 6.07) is 2.05. The van der Waals surface area contributed by atoms with E-state index in [4.69, 9.17) is 10.3 Å². The van der Waals surface area contributed by atoms with E-state index in [0.717, 1.165) is 25.1 Å². The van der Waals surface area contributed by atoms with Gasteiger partial charge in [0.1, 0.15) is 0 Å². The van der Waals surface area contributed by atoms with E-state index in [9.17, 15) is 0 Å². The predicted octanol–water partition coefficient (Wildman–Crippen LogP) is 2.29. The Morgan fingerprint density at radius 3 is 2.41 bits per heavy atom. The number of nitrogens with one attached hydrogen (secondary N) is 1. The molecule has 17 heavy (non-hydrogen) atoms. The minimum absolute atomic E-state index is 0.0118. The van der Waals surface area contributed by atoms with Gasteiger partial charge in [-0.1, -0.05) is 20.8 Å². The van der Waals surface area contributed by atoms with Gasteiger partial charge < -0.3 is 4.42 Å². The van der Waals surface area contributed by atoms with Gasteiger partial charge in [-0.3, -0.25) is 16.2 Å². The van der Waals surface area contributed by atoms with Crippen LogP contribution in [0.2, 0.25) is 0 Å². The van der Waals surface area contributed by atoms with Gasteiger partial charge in [0, 0.05) is 11.1 Å². The van der Waals surface area contributed by atoms with Crippen molar-refractivity contribution in [2.75, 3.05) is 13.1 Å².